The van der Waals surface area contributed by atoms with Gasteiger partial charge in [-0.05, 0) is 13.0 Å². The molecule has 66 valence electrons. The van der Waals surface area contributed by atoms with E-state index in [0.717, 1.165) is 5.69 Å². The molecule has 0 radical (unpaired) electrons. The summed E-state index contributed by atoms with van der Waals surface area (Å²) in [5.41, 5.74) is 11.2. The van der Waals surface area contributed by atoms with Crippen molar-refractivity contribution in [1.82, 2.24) is 9.97 Å². The van der Waals surface area contributed by atoms with Gasteiger partial charge in [-0.15, -0.1) is 0 Å². The fourth-order valence-electron chi connectivity index (χ4n) is 0.986. The van der Waals surface area contributed by atoms with Crippen LogP contribution in [-0.2, 0) is 6.42 Å². The Kier molecular flexibility index (Phi) is 2.44. The van der Waals surface area contributed by atoms with Crippen LogP contribution in [0.2, 0.25) is 0 Å². The smallest absolute Gasteiger partial charge is 0.347 e. The monoisotopic (exact) mass is 168 g/mol. The Labute approximate surface area is 69.8 Å². The number of nitrogens with one attached hydrogen (secondary N) is 1. The van der Waals surface area contributed by atoms with Gasteiger partial charge in [0, 0.05) is 18.2 Å². The molecule has 1 heterocycles. The van der Waals surface area contributed by atoms with Crippen molar-refractivity contribution in [2.45, 2.75) is 19.4 Å². The summed E-state index contributed by atoms with van der Waals surface area (Å²) in [6.07, 6.45) is 0.599. The molecule has 1 unspecified atom stereocenters. The summed E-state index contributed by atoms with van der Waals surface area (Å²) >= 11 is 0. The van der Waals surface area contributed by atoms with E-state index in [2.05, 4.69) is 9.97 Å². The summed E-state index contributed by atoms with van der Waals surface area (Å²) in [5.74, 6) is 0.231. The molecule has 0 amide bonds. The molecule has 0 saturated carbocycles. The van der Waals surface area contributed by atoms with E-state index in [1.165, 1.54) is 0 Å². The molecule has 5 N–H and O–H groups in total. The Morgan fingerprint density at radius 3 is 2.92 bits per heavy atom. The minimum atomic E-state index is -0.425. The number of rotatable bonds is 2. The molecule has 0 fully saturated rings. The molecule has 0 aromatic carbocycles. The first-order valence-corrected chi connectivity index (χ1v) is 3.69. The number of hydrogen-bond acceptors (Lipinski definition) is 4. The summed E-state index contributed by atoms with van der Waals surface area (Å²) in [6, 6.07) is 1.62. The van der Waals surface area contributed by atoms with E-state index in [1.54, 1.807) is 6.07 Å². The van der Waals surface area contributed by atoms with Gasteiger partial charge in [0.1, 0.15) is 5.82 Å². The molecule has 1 atom stereocenters. The average molecular weight is 168 g/mol. The van der Waals surface area contributed by atoms with E-state index in [4.69, 9.17) is 11.5 Å². The third-order valence-corrected chi connectivity index (χ3v) is 1.36. The number of aromatic amines is 1. The Bertz CT molecular complexity index is 317. The maximum atomic E-state index is 10.8. The number of nitrogen functional groups attached to an aromatic ring is 1. The number of H-pyrrole nitrogens is 1. The van der Waals surface area contributed by atoms with Crippen molar-refractivity contribution in [3.63, 3.8) is 0 Å². The largest absolute Gasteiger partial charge is 0.383 e. The minimum absolute atomic E-state index is 0.00227. The van der Waals surface area contributed by atoms with Crippen LogP contribution in [0.25, 0.3) is 0 Å². The molecule has 0 bridgehead atoms. The molecular weight excluding hydrogens is 156 g/mol. The quantitative estimate of drug-likeness (QED) is 0.540. The molecule has 0 aliphatic heterocycles. The molecule has 0 saturated heterocycles. The first-order valence-electron chi connectivity index (χ1n) is 3.69. The number of aromatic nitrogens is 2. The van der Waals surface area contributed by atoms with Crippen LogP contribution in [0.3, 0.4) is 0 Å². The molecular formula is C7H12N4O. The van der Waals surface area contributed by atoms with Crippen LogP contribution in [0, 0.1) is 0 Å². The van der Waals surface area contributed by atoms with Gasteiger partial charge in [0.2, 0.25) is 0 Å². The van der Waals surface area contributed by atoms with Gasteiger partial charge in [-0.2, -0.15) is 4.98 Å². The van der Waals surface area contributed by atoms with Gasteiger partial charge in [0.25, 0.3) is 0 Å². The summed E-state index contributed by atoms with van der Waals surface area (Å²) in [4.78, 5) is 16.8. The minimum Gasteiger partial charge on any atom is -0.383 e. The van der Waals surface area contributed by atoms with Crippen molar-refractivity contribution < 1.29 is 0 Å². The van der Waals surface area contributed by atoms with Crippen molar-refractivity contribution in [1.29, 1.82) is 0 Å². The van der Waals surface area contributed by atoms with Crippen molar-refractivity contribution >= 4 is 5.82 Å². The second-order valence-electron chi connectivity index (χ2n) is 2.82. The second-order valence-corrected chi connectivity index (χ2v) is 2.82. The van der Waals surface area contributed by atoms with Crippen LogP contribution >= 0.6 is 0 Å². The van der Waals surface area contributed by atoms with E-state index in [1.807, 2.05) is 6.92 Å². The zero-order valence-corrected chi connectivity index (χ0v) is 6.87. The molecule has 1 aromatic rings. The van der Waals surface area contributed by atoms with Crippen LogP contribution < -0.4 is 17.2 Å². The molecule has 0 aliphatic rings. The highest BCUT2D eigenvalue weighted by Crippen LogP contribution is 1.98. The van der Waals surface area contributed by atoms with Crippen molar-refractivity contribution in [3.05, 3.63) is 22.2 Å². The average Bonchev–Trinajstić information content (AvgIpc) is 1.81. The van der Waals surface area contributed by atoms with Crippen LogP contribution in [-0.4, -0.2) is 16.0 Å². The Balaban J connectivity index is 2.93. The van der Waals surface area contributed by atoms with Gasteiger partial charge in [-0.25, -0.2) is 4.79 Å². The molecule has 0 aliphatic carbocycles. The summed E-state index contributed by atoms with van der Waals surface area (Å²) in [7, 11) is 0. The third-order valence-electron chi connectivity index (χ3n) is 1.36. The topological polar surface area (TPSA) is 97.8 Å². The van der Waals surface area contributed by atoms with E-state index in [-0.39, 0.29) is 11.9 Å². The maximum Gasteiger partial charge on any atom is 0.347 e. The lowest BCUT2D eigenvalue weighted by Crippen LogP contribution is -2.22. The maximum absolute atomic E-state index is 10.8. The van der Waals surface area contributed by atoms with E-state index < -0.39 is 5.69 Å². The van der Waals surface area contributed by atoms with Gasteiger partial charge < -0.3 is 16.5 Å². The highest BCUT2D eigenvalue weighted by atomic mass is 16.1. The molecule has 5 heteroatoms. The number of nitrogens with two attached hydrogens (primary N) is 2. The SMILES string of the molecule is CC(N)Cc1cc(N)nc(=O)[nH]1. The standard InChI is InChI=1S/C7H12N4O/c1-4(8)2-5-3-6(9)11-7(12)10-5/h3-4H,2,8H2,1H3,(H3,9,10,11,12). The first kappa shape index (κ1) is 8.73. The fraction of sp³-hybridized carbons (Fsp3) is 0.429. The summed E-state index contributed by atoms with van der Waals surface area (Å²) in [6.45, 7) is 1.86. The molecule has 5 nitrogen and oxygen atoms in total. The van der Waals surface area contributed by atoms with E-state index in [9.17, 15) is 4.79 Å². The fourth-order valence-corrected chi connectivity index (χ4v) is 0.986. The van der Waals surface area contributed by atoms with Gasteiger partial charge in [-0.3, -0.25) is 0 Å². The Morgan fingerprint density at radius 2 is 2.42 bits per heavy atom. The Morgan fingerprint density at radius 1 is 1.75 bits per heavy atom. The van der Waals surface area contributed by atoms with Crippen LogP contribution in [0.15, 0.2) is 10.9 Å². The first-order chi connectivity index (χ1) is 5.58. The lowest BCUT2D eigenvalue weighted by Gasteiger charge is -2.04. The zero-order valence-electron chi connectivity index (χ0n) is 6.87. The van der Waals surface area contributed by atoms with Crippen LogP contribution in [0.1, 0.15) is 12.6 Å². The third kappa shape index (κ3) is 2.35. The lowest BCUT2D eigenvalue weighted by molar-refractivity contribution is 0.717. The summed E-state index contributed by atoms with van der Waals surface area (Å²) in [5, 5.41) is 0. The molecule has 12 heavy (non-hydrogen) atoms. The van der Waals surface area contributed by atoms with Crippen molar-refractivity contribution in [2.75, 3.05) is 5.73 Å². The zero-order chi connectivity index (χ0) is 9.14. The van der Waals surface area contributed by atoms with Crippen LogP contribution in [0.5, 0.6) is 0 Å². The summed E-state index contributed by atoms with van der Waals surface area (Å²) < 4.78 is 0. The normalized spacial score (nSPS) is 12.8. The van der Waals surface area contributed by atoms with Gasteiger partial charge in [0.15, 0.2) is 0 Å². The highest BCUT2D eigenvalue weighted by Gasteiger charge is 2.00. The van der Waals surface area contributed by atoms with E-state index >= 15 is 0 Å². The lowest BCUT2D eigenvalue weighted by atomic mass is 10.2. The molecule has 1 aromatic heterocycles. The highest BCUT2D eigenvalue weighted by molar-refractivity contribution is 5.28. The van der Waals surface area contributed by atoms with Gasteiger partial charge in [-0.1, -0.05) is 0 Å². The predicted molar refractivity (Wildman–Crippen MR) is 46.6 cm³/mol. The molecule has 1 rings (SSSR count). The van der Waals surface area contributed by atoms with Gasteiger partial charge >= 0.3 is 5.69 Å². The van der Waals surface area contributed by atoms with E-state index in [0.29, 0.717) is 6.42 Å². The number of hydrogen-bond donors (Lipinski definition) is 3. The number of anilines is 1. The van der Waals surface area contributed by atoms with Crippen molar-refractivity contribution in [3.8, 4) is 0 Å². The van der Waals surface area contributed by atoms with Crippen LogP contribution in [0.4, 0.5) is 5.82 Å². The number of nitrogens with zero attached hydrogens (tertiary/aromatic N) is 1. The van der Waals surface area contributed by atoms with Crippen molar-refractivity contribution in [2.24, 2.45) is 5.73 Å². The van der Waals surface area contributed by atoms with Gasteiger partial charge in [0.05, 0.1) is 0 Å². The second kappa shape index (κ2) is 3.36. The predicted octanol–water partition coefficient (Wildman–Crippen LogP) is -0.758. The molecule has 0 spiro atoms. The Hall–Kier alpha value is -1.36.